The molecular weight excluding hydrogens is 342 g/mol. The monoisotopic (exact) mass is 365 g/mol. The van der Waals surface area contributed by atoms with Gasteiger partial charge < -0.3 is 14.8 Å². The maximum atomic E-state index is 5.66. The first kappa shape index (κ1) is 17.3. The second-order valence-electron chi connectivity index (χ2n) is 6.82. The number of hydrogen-bond acceptors (Lipinski definition) is 6. The fourth-order valence-corrected chi connectivity index (χ4v) is 3.67. The van der Waals surface area contributed by atoms with Crippen molar-refractivity contribution in [2.24, 2.45) is 0 Å². The first-order valence-corrected chi connectivity index (χ1v) is 8.94. The van der Waals surface area contributed by atoms with E-state index in [9.17, 15) is 0 Å². The molecule has 27 heavy (non-hydrogen) atoms. The molecule has 2 heterocycles. The first-order valence-electron chi connectivity index (χ1n) is 8.94. The summed E-state index contributed by atoms with van der Waals surface area (Å²) in [6.07, 6.45) is 0.796. The molecule has 2 aromatic carbocycles. The number of hydrogen-bond donors (Lipinski definition) is 1. The van der Waals surface area contributed by atoms with Crippen LogP contribution in [0, 0.1) is 13.8 Å². The minimum atomic E-state index is -0.0621. The standard InChI is InChI=1S/C20H23N5O2/c1-12-8-9-14(10-13(12)2)16-11-17(25-20(21-16)22-23-24-25)15-6-5-7-18(26-3)19(15)27-4/h5-10,16-17H,11H2,1-4H3,(H,21,22,24)/t16-,17+/m0/s1. The van der Waals surface area contributed by atoms with Crippen molar-refractivity contribution in [3.8, 4) is 11.5 Å². The summed E-state index contributed by atoms with van der Waals surface area (Å²) in [5.41, 5.74) is 4.78. The molecule has 0 saturated heterocycles. The Morgan fingerprint density at radius 1 is 1.07 bits per heavy atom. The van der Waals surface area contributed by atoms with Crippen molar-refractivity contribution < 1.29 is 9.47 Å². The van der Waals surface area contributed by atoms with Gasteiger partial charge in [0.1, 0.15) is 0 Å². The SMILES string of the molecule is COc1cccc([C@H]2C[C@@H](c3ccc(C)c(C)c3)Nc3nnnn32)c1OC. The summed E-state index contributed by atoms with van der Waals surface area (Å²) in [6.45, 7) is 4.26. The van der Waals surface area contributed by atoms with Gasteiger partial charge in [-0.2, -0.15) is 0 Å². The van der Waals surface area contributed by atoms with Gasteiger partial charge >= 0.3 is 0 Å². The van der Waals surface area contributed by atoms with Crippen LogP contribution in [0.4, 0.5) is 5.95 Å². The third kappa shape index (κ3) is 2.99. The Balaban J connectivity index is 1.78. The summed E-state index contributed by atoms with van der Waals surface area (Å²) in [5, 5.41) is 15.7. The van der Waals surface area contributed by atoms with Gasteiger partial charge in [0.05, 0.1) is 26.3 Å². The lowest BCUT2D eigenvalue weighted by Crippen LogP contribution is -2.28. The second kappa shape index (κ2) is 6.90. The number of fused-ring (bicyclic) bond motifs is 1. The molecule has 0 fully saturated rings. The topological polar surface area (TPSA) is 74.1 Å². The van der Waals surface area contributed by atoms with Crippen LogP contribution in [0.3, 0.4) is 0 Å². The lowest BCUT2D eigenvalue weighted by molar-refractivity contribution is 0.339. The lowest BCUT2D eigenvalue weighted by atomic mass is 9.91. The average molecular weight is 365 g/mol. The number of tetrazole rings is 1. The molecular formula is C20H23N5O2. The van der Waals surface area contributed by atoms with Gasteiger partial charge in [0.15, 0.2) is 11.5 Å². The zero-order chi connectivity index (χ0) is 19.0. The van der Waals surface area contributed by atoms with E-state index < -0.39 is 0 Å². The third-order valence-electron chi connectivity index (χ3n) is 5.28. The predicted octanol–water partition coefficient (Wildman–Crippen LogP) is 3.45. The Kier molecular flexibility index (Phi) is 4.43. The molecule has 1 aliphatic heterocycles. The summed E-state index contributed by atoms with van der Waals surface area (Å²) in [4.78, 5) is 0. The molecule has 0 radical (unpaired) electrons. The number of nitrogens with zero attached hydrogens (tertiary/aromatic N) is 4. The largest absolute Gasteiger partial charge is 0.493 e. The van der Waals surface area contributed by atoms with Crippen molar-refractivity contribution in [3.05, 3.63) is 58.7 Å². The van der Waals surface area contributed by atoms with Crippen LogP contribution >= 0.6 is 0 Å². The quantitative estimate of drug-likeness (QED) is 0.763. The van der Waals surface area contributed by atoms with E-state index >= 15 is 0 Å². The van der Waals surface area contributed by atoms with Gasteiger partial charge in [-0.05, 0) is 53.5 Å². The van der Waals surface area contributed by atoms with E-state index in [1.165, 1.54) is 16.7 Å². The molecule has 7 nitrogen and oxygen atoms in total. The maximum Gasteiger partial charge on any atom is 0.243 e. The Hall–Kier alpha value is -3.09. The van der Waals surface area contributed by atoms with Crippen LogP contribution in [0.15, 0.2) is 36.4 Å². The second-order valence-corrected chi connectivity index (χ2v) is 6.82. The fraction of sp³-hybridized carbons (Fsp3) is 0.350. The number of para-hydroxylation sites is 1. The fourth-order valence-electron chi connectivity index (χ4n) is 3.67. The molecule has 140 valence electrons. The zero-order valence-electron chi connectivity index (χ0n) is 15.9. The molecule has 2 atom stereocenters. The highest BCUT2D eigenvalue weighted by Crippen LogP contribution is 2.43. The number of ether oxygens (including phenoxy) is 2. The number of aromatic nitrogens is 4. The van der Waals surface area contributed by atoms with Crippen LogP contribution < -0.4 is 14.8 Å². The highest BCUT2D eigenvalue weighted by atomic mass is 16.5. The van der Waals surface area contributed by atoms with E-state index in [0.717, 1.165) is 12.0 Å². The summed E-state index contributed by atoms with van der Waals surface area (Å²) in [5.74, 6) is 2.07. The maximum absolute atomic E-state index is 5.66. The first-order chi connectivity index (χ1) is 13.1. The van der Waals surface area contributed by atoms with Crippen LogP contribution in [0.2, 0.25) is 0 Å². The van der Waals surface area contributed by atoms with Crippen molar-refractivity contribution in [1.29, 1.82) is 0 Å². The van der Waals surface area contributed by atoms with Crippen molar-refractivity contribution in [3.63, 3.8) is 0 Å². The van der Waals surface area contributed by atoms with Crippen molar-refractivity contribution >= 4 is 5.95 Å². The summed E-state index contributed by atoms with van der Waals surface area (Å²) < 4.78 is 13.0. The zero-order valence-corrected chi connectivity index (χ0v) is 15.9. The van der Waals surface area contributed by atoms with E-state index in [4.69, 9.17) is 9.47 Å². The molecule has 1 N–H and O–H groups in total. The molecule has 0 unspecified atom stereocenters. The molecule has 4 rings (SSSR count). The molecule has 3 aromatic rings. The average Bonchev–Trinajstić information content (AvgIpc) is 3.17. The summed E-state index contributed by atoms with van der Waals surface area (Å²) >= 11 is 0. The number of methoxy groups -OCH3 is 2. The van der Waals surface area contributed by atoms with Crippen molar-refractivity contribution in [2.75, 3.05) is 19.5 Å². The van der Waals surface area contributed by atoms with E-state index in [1.807, 2.05) is 22.9 Å². The van der Waals surface area contributed by atoms with E-state index in [-0.39, 0.29) is 12.1 Å². The third-order valence-corrected chi connectivity index (χ3v) is 5.28. The molecule has 0 aliphatic carbocycles. The van der Waals surface area contributed by atoms with Crippen LogP contribution in [0.25, 0.3) is 0 Å². The molecule has 1 aromatic heterocycles. The Bertz CT molecular complexity index is 969. The summed E-state index contributed by atoms with van der Waals surface area (Å²) in [7, 11) is 3.30. The highest BCUT2D eigenvalue weighted by Gasteiger charge is 2.33. The van der Waals surface area contributed by atoms with Gasteiger partial charge in [-0.3, -0.25) is 0 Å². The van der Waals surface area contributed by atoms with Crippen molar-refractivity contribution in [2.45, 2.75) is 32.4 Å². The molecule has 0 amide bonds. The highest BCUT2D eigenvalue weighted by molar-refractivity contribution is 5.50. The number of nitrogens with one attached hydrogen (secondary N) is 1. The van der Waals surface area contributed by atoms with Crippen LogP contribution in [0.5, 0.6) is 11.5 Å². The number of benzene rings is 2. The number of anilines is 1. The van der Waals surface area contributed by atoms with Gasteiger partial charge in [-0.1, -0.05) is 35.4 Å². The van der Waals surface area contributed by atoms with Crippen LogP contribution in [0.1, 0.15) is 40.8 Å². The number of rotatable bonds is 4. The lowest BCUT2D eigenvalue weighted by Gasteiger charge is -2.32. The number of aryl methyl sites for hydroxylation is 2. The van der Waals surface area contributed by atoms with Crippen molar-refractivity contribution in [1.82, 2.24) is 20.2 Å². The van der Waals surface area contributed by atoms with Crippen LogP contribution in [-0.4, -0.2) is 34.4 Å². The minimum Gasteiger partial charge on any atom is -0.493 e. The normalized spacial score (nSPS) is 18.5. The van der Waals surface area contributed by atoms with Gasteiger partial charge in [0.2, 0.25) is 5.95 Å². The van der Waals surface area contributed by atoms with Gasteiger partial charge in [-0.15, -0.1) is 0 Å². The van der Waals surface area contributed by atoms with E-state index in [2.05, 4.69) is 52.9 Å². The molecule has 0 bridgehead atoms. The summed E-state index contributed by atoms with van der Waals surface area (Å²) in [6, 6.07) is 12.5. The molecule has 0 saturated carbocycles. The minimum absolute atomic E-state index is 0.0621. The molecule has 7 heteroatoms. The van der Waals surface area contributed by atoms with Crippen LogP contribution in [-0.2, 0) is 0 Å². The Morgan fingerprint density at radius 3 is 2.67 bits per heavy atom. The van der Waals surface area contributed by atoms with Gasteiger partial charge in [0.25, 0.3) is 0 Å². The Labute approximate surface area is 158 Å². The smallest absolute Gasteiger partial charge is 0.243 e. The van der Waals surface area contributed by atoms with Gasteiger partial charge in [0, 0.05) is 5.56 Å². The van der Waals surface area contributed by atoms with Gasteiger partial charge in [-0.25, -0.2) is 4.68 Å². The predicted molar refractivity (Wildman–Crippen MR) is 102 cm³/mol. The van der Waals surface area contributed by atoms with E-state index in [1.54, 1.807) is 14.2 Å². The van der Waals surface area contributed by atoms with E-state index in [0.29, 0.717) is 17.4 Å². The molecule has 1 aliphatic rings. The Morgan fingerprint density at radius 2 is 1.93 bits per heavy atom. The molecule has 0 spiro atoms.